The smallest absolute Gasteiger partial charge is 0.416 e. The first-order valence-electron chi connectivity index (χ1n) is 9.60. The number of hydrogen-bond acceptors (Lipinski definition) is 6. The van der Waals surface area contributed by atoms with Gasteiger partial charge in [-0.15, -0.1) is 0 Å². The van der Waals surface area contributed by atoms with Crippen molar-refractivity contribution in [2.24, 2.45) is 0 Å². The molecule has 2 rings (SSSR count). The average Bonchev–Trinajstić information content (AvgIpc) is 3.10. The molecule has 3 N–H and O–H groups in total. The summed E-state index contributed by atoms with van der Waals surface area (Å²) in [7, 11) is 0. The van der Waals surface area contributed by atoms with Crippen LogP contribution in [0.2, 0.25) is 0 Å². The first-order chi connectivity index (χ1) is 15.2. The third-order valence-electron chi connectivity index (χ3n) is 4.35. The highest BCUT2D eigenvalue weighted by molar-refractivity contribution is 9.11. The van der Waals surface area contributed by atoms with Gasteiger partial charge in [-0.05, 0) is 54.4 Å². The molecule has 0 unspecified atom stereocenters. The van der Waals surface area contributed by atoms with E-state index >= 15 is 0 Å². The van der Waals surface area contributed by atoms with Crippen molar-refractivity contribution in [3.05, 3.63) is 45.4 Å². The van der Waals surface area contributed by atoms with Gasteiger partial charge < -0.3 is 20.3 Å². The van der Waals surface area contributed by atoms with E-state index in [0.29, 0.717) is 3.79 Å². The first kappa shape index (κ1) is 26.9. The second-order valence-electron chi connectivity index (χ2n) is 8.00. The second-order valence-corrected chi connectivity index (χ2v) is 10.4. The van der Waals surface area contributed by atoms with Crippen LogP contribution in [-0.2, 0) is 10.9 Å². The van der Waals surface area contributed by atoms with Crippen molar-refractivity contribution in [2.45, 2.75) is 44.5 Å². The van der Waals surface area contributed by atoms with Crippen molar-refractivity contribution >= 4 is 44.6 Å². The molecule has 1 heterocycles. The molecule has 2 atom stereocenters. The highest BCUT2D eigenvalue weighted by atomic mass is 79.9. The van der Waals surface area contributed by atoms with Gasteiger partial charge in [-0.1, -0.05) is 23.5 Å². The van der Waals surface area contributed by atoms with Crippen LogP contribution >= 0.6 is 27.3 Å². The zero-order valence-corrected chi connectivity index (χ0v) is 20.3. The number of aliphatic hydroxyl groups excluding tert-OH is 1. The molecule has 0 bridgehead atoms. The van der Waals surface area contributed by atoms with E-state index in [9.17, 15) is 33.0 Å². The van der Waals surface area contributed by atoms with Crippen LogP contribution in [0.4, 0.5) is 27.9 Å². The van der Waals surface area contributed by atoms with Gasteiger partial charge in [0.25, 0.3) is 0 Å². The summed E-state index contributed by atoms with van der Waals surface area (Å²) in [6.45, 7) is 4.08. The predicted octanol–water partition coefficient (Wildman–Crippen LogP) is 5.08. The average molecular weight is 554 g/mol. The number of carboxylic acid groups (broad SMARTS) is 1. The Balaban J connectivity index is 2.42. The Morgan fingerprint density at radius 3 is 2.27 bits per heavy atom. The standard InChI is InChI=1S/C20H23BrF3N3O5S/c1-19(2,3)32-18(31)27(16-25-8-15(21)33-16)9-14(26-17(29)30)13(10-28)11-4-6-12(7-5-11)20(22,23)24/h4-8,13-14,26,28H,9-10H2,1-3H3,(H,29,30)/t13-,14+/m0/s1. The first-order valence-corrected chi connectivity index (χ1v) is 11.2. The normalized spacial score (nSPS) is 13.8. The number of ether oxygens (including phenoxy) is 1. The Labute approximate surface area is 200 Å². The Hall–Kier alpha value is -2.38. The van der Waals surface area contributed by atoms with E-state index in [4.69, 9.17) is 4.74 Å². The number of hydrogen-bond donors (Lipinski definition) is 3. The lowest BCUT2D eigenvalue weighted by Crippen LogP contribution is -2.50. The second kappa shape index (κ2) is 10.7. The number of nitrogens with one attached hydrogen (secondary N) is 1. The molecule has 2 aromatic rings. The quantitative estimate of drug-likeness (QED) is 0.441. The molecule has 8 nitrogen and oxygen atoms in total. The summed E-state index contributed by atoms with van der Waals surface area (Å²) in [6, 6.07) is 2.92. The minimum Gasteiger partial charge on any atom is -0.465 e. The minimum absolute atomic E-state index is 0.206. The van der Waals surface area contributed by atoms with Crippen LogP contribution in [0, 0.1) is 0 Å². The lowest BCUT2D eigenvalue weighted by molar-refractivity contribution is -0.137. The van der Waals surface area contributed by atoms with E-state index < -0.39 is 48.1 Å². The molecule has 13 heteroatoms. The molecule has 0 aliphatic rings. The Kier molecular flexibility index (Phi) is 8.71. The van der Waals surface area contributed by atoms with E-state index in [-0.39, 0.29) is 17.2 Å². The fourth-order valence-corrected chi connectivity index (χ4v) is 4.11. The molecule has 0 spiro atoms. The zero-order valence-electron chi connectivity index (χ0n) is 17.9. The van der Waals surface area contributed by atoms with Crippen LogP contribution < -0.4 is 10.2 Å². The SMILES string of the molecule is CC(C)(C)OC(=O)N(C[C@@H](NC(=O)O)[C@@H](CO)c1ccc(C(F)(F)F)cc1)c1ncc(Br)s1. The summed E-state index contributed by atoms with van der Waals surface area (Å²) in [5.41, 5.74) is -1.48. The largest absolute Gasteiger partial charge is 0.465 e. The Bertz CT molecular complexity index is 963. The topological polar surface area (TPSA) is 112 Å². The van der Waals surface area contributed by atoms with Crippen molar-refractivity contribution in [3.63, 3.8) is 0 Å². The molecule has 0 radical (unpaired) electrons. The number of nitrogens with zero attached hydrogens (tertiary/aromatic N) is 2. The van der Waals surface area contributed by atoms with E-state index in [1.54, 1.807) is 20.8 Å². The number of amides is 2. The van der Waals surface area contributed by atoms with Crippen molar-refractivity contribution < 1.29 is 37.7 Å². The molecular weight excluding hydrogens is 531 g/mol. The fourth-order valence-electron chi connectivity index (χ4n) is 2.93. The molecule has 0 aliphatic heterocycles. The lowest BCUT2D eigenvalue weighted by atomic mass is 9.91. The number of alkyl halides is 3. The highest BCUT2D eigenvalue weighted by Gasteiger charge is 2.34. The van der Waals surface area contributed by atoms with Gasteiger partial charge in [-0.2, -0.15) is 13.2 Å². The van der Waals surface area contributed by atoms with Crippen molar-refractivity contribution in [3.8, 4) is 0 Å². The zero-order chi connectivity index (χ0) is 25.0. The van der Waals surface area contributed by atoms with Gasteiger partial charge in [0.15, 0.2) is 5.13 Å². The fraction of sp³-hybridized carbons (Fsp3) is 0.450. The van der Waals surface area contributed by atoms with Crippen LogP contribution in [0.3, 0.4) is 0 Å². The monoisotopic (exact) mass is 553 g/mol. The maximum Gasteiger partial charge on any atom is 0.416 e. The van der Waals surface area contributed by atoms with Gasteiger partial charge in [-0.25, -0.2) is 14.6 Å². The number of carbonyl (C=O) groups excluding carboxylic acids is 1. The summed E-state index contributed by atoms with van der Waals surface area (Å²) < 4.78 is 44.8. The van der Waals surface area contributed by atoms with Crippen LogP contribution in [-0.4, -0.2) is 52.2 Å². The molecule has 33 heavy (non-hydrogen) atoms. The highest BCUT2D eigenvalue weighted by Crippen LogP contribution is 2.32. The Morgan fingerprint density at radius 1 is 1.24 bits per heavy atom. The molecule has 0 saturated carbocycles. The van der Waals surface area contributed by atoms with Gasteiger partial charge >= 0.3 is 18.4 Å². The summed E-state index contributed by atoms with van der Waals surface area (Å²) in [6.07, 6.45) is -5.32. The molecule has 0 saturated heterocycles. The molecule has 2 amide bonds. The van der Waals surface area contributed by atoms with Crippen molar-refractivity contribution in [2.75, 3.05) is 18.1 Å². The summed E-state index contributed by atoms with van der Waals surface area (Å²) in [5, 5.41) is 21.8. The number of benzene rings is 1. The molecule has 182 valence electrons. The predicted molar refractivity (Wildman–Crippen MR) is 120 cm³/mol. The van der Waals surface area contributed by atoms with Crippen molar-refractivity contribution in [1.82, 2.24) is 10.3 Å². The maximum absolute atomic E-state index is 12.9. The van der Waals surface area contributed by atoms with Crippen LogP contribution in [0.15, 0.2) is 34.2 Å². The van der Waals surface area contributed by atoms with Gasteiger partial charge in [0.05, 0.1) is 34.7 Å². The maximum atomic E-state index is 12.9. The number of aliphatic hydroxyl groups is 1. The van der Waals surface area contributed by atoms with E-state index in [1.165, 1.54) is 6.20 Å². The minimum atomic E-state index is -4.54. The van der Waals surface area contributed by atoms with Crippen molar-refractivity contribution in [1.29, 1.82) is 0 Å². The van der Waals surface area contributed by atoms with E-state index in [2.05, 4.69) is 26.2 Å². The van der Waals surface area contributed by atoms with Gasteiger partial charge in [0.2, 0.25) is 0 Å². The lowest BCUT2D eigenvalue weighted by Gasteiger charge is -2.32. The molecule has 1 aromatic heterocycles. The third kappa shape index (κ3) is 7.86. The van der Waals surface area contributed by atoms with E-state index in [1.807, 2.05) is 0 Å². The summed E-state index contributed by atoms with van der Waals surface area (Å²) in [5.74, 6) is -0.961. The molecule has 0 fully saturated rings. The molecular formula is C20H23BrF3N3O5S. The van der Waals surface area contributed by atoms with Crippen LogP contribution in [0.1, 0.15) is 37.8 Å². The number of halogens is 4. The van der Waals surface area contributed by atoms with Gasteiger partial charge in [0.1, 0.15) is 5.60 Å². The number of anilines is 1. The van der Waals surface area contributed by atoms with Gasteiger partial charge in [-0.3, -0.25) is 4.90 Å². The van der Waals surface area contributed by atoms with Gasteiger partial charge in [0, 0.05) is 5.92 Å². The van der Waals surface area contributed by atoms with E-state index in [0.717, 1.165) is 40.5 Å². The Morgan fingerprint density at radius 2 is 1.85 bits per heavy atom. The number of rotatable bonds is 7. The number of thiazole rings is 1. The molecule has 0 aliphatic carbocycles. The third-order valence-corrected chi connectivity index (χ3v) is 5.85. The van der Waals surface area contributed by atoms with Crippen LogP contribution in [0.25, 0.3) is 0 Å². The number of carbonyl (C=O) groups is 2. The summed E-state index contributed by atoms with van der Waals surface area (Å²) in [4.78, 5) is 29.6. The summed E-state index contributed by atoms with van der Waals surface area (Å²) >= 11 is 4.35. The number of aromatic nitrogens is 1. The molecule has 1 aromatic carbocycles. The van der Waals surface area contributed by atoms with Crippen LogP contribution in [0.5, 0.6) is 0 Å².